The zero-order valence-corrected chi connectivity index (χ0v) is 9.17. The number of hydrogen-bond acceptors (Lipinski definition) is 3. The summed E-state index contributed by atoms with van der Waals surface area (Å²) in [4.78, 5) is 2.31. The van der Waals surface area contributed by atoms with Gasteiger partial charge in [0, 0.05) is 19.1 Å². The fraction of sp³-hybridized carbons (Fsp3) is 0.556. The van der Waals surface area contributed by atoms with Crippen molar-refractivity contribution in [3.8, 4) is 0 Å². The highest BCUT2D eigenvalue weighted by atomic mass is 79.9. The summed E-state index contributed by atoms with van der Waals surface area (Å²) >= 11 is 3.29. The van der Waals surface area contributed by atoms with Gasteiger partial charge in [-0.15, -0.1) is 0 Å². The lowest BCUT2D eigenvalue weighted by Gasteiger charge is -2.35. The molecule has 1 saturated heterocycles. The molecule has 1 fully saturated rings. The average molecular weight is 245 g/mol. The van der Waals surface area contributed by atoms with E-state index in [1.807, 2.05) is 12.1 Å². The van der Waals surface area contributed by atoms with E-state index in [1.54, 1.807) is 0 Å². The highest BCUT2D eigenvalue weighted by Crippen LogP contribution is 2.16. The Hall–Kier alpha value is -0.320. The quantitative estimate of drug-likeness (QED) is 0.873. The van der Waals surface area contributed by atoms with Crippen molar-refractivity contribution in [1.82, 2.24) is 10.2 Å². The second-order valence-corrected chi connectivity index (χ2v) is 4.21. The fourth-order valence-electron chi connectivity index (χ4n) is 1.40. The number of likely N-dealkylation sites (N-methyl/N-ethyl adjacent to an activating group) is 1. The van der Waals surface area contributed by atoms with E-state index in [1.165, 1.54) is 0 Å². The summed E-state index contributed by atoms with van der Waals surface area (Å²) in [5, 5.41) is 3.25. The maximum atomic E-state index is 5.43. The van der Waals surface area contributed by atoms with Crippen LogP contribution in [-0.2, 0) is 6.54 Å². The average Bonchev–Trinajstić information content (AvgIpc) is 2.31. The first-order chi connectivity index (χ1) is 6.25. The summed E-state index contributed by atoms with van der Waals surface area (Å²) in [5.74, 6) is 1.02. The zero-order valence-electron chi connectivity index (χ0n) is 7.59. The molecule has 0 saturated carbocycles. The van der Waals surface area contributed by atoms with Crippen LogP contribution in [0.15, 0.2) is 21.2 Å². The first kappa shape index (κ1) is 9.24. The van der Waals surface area contributed by atoms with Crippen LogP contribution < -0.4 is 5.32 Å². The molecule has 3 nitrogen and oxygen atoms in total. The lowest BCUT2D eigenvalue weighted by molar-refractivity contribution is 0.161. The minimum atomic E-state index is 0.670. The van der Waals surface area contributed by atoms with E-state index in [4.69, 9.17) is 4.42 Å². The first-order valence-corrected chi connectivity index (χ1v) is 5.20. The van der Waals surface area contributed by atoms with Gasteiger partial charge in [0.1, 0.15) is 5.76 Å². The predicted molar refractivity (Wildman–Crippen MR) is 54.5 cm³/mol. The molecule has 2 heterocycles. The first-order valence-electron chi connectivity index (χ1n) is 4.41. The molecule has 1 N–H and O–H groups in total. The third-order valence-electron chi connectivity index (χ3n) is 2.42. The van der Waals surface area contributed by atoms with Gasteiger partial charge in [-0.25, -0.2) is 0 Å². The minimum Gasteiger partial charge on any atom is -0.453 e. The Balaban J connectivity index is 1.89. The normalized spacial score (nSPS) is 17.8. The molecule has 1 aromatic heterocycles. The summed E-state index contributed by atoms with van der Waals surface area (Å²) in [5.41, 5.74) is 0. The predicted octanol–water partition coefficient (Wildman–Crippen LogP) is 1.45. The monoisotopic (exact) mass is 244 g/mol. The van der Waals surface area contributed by atoms with Gasteiger partial charge in [-0.2, -0.15) is 0 Å². The minimum absolute atomic E-state index is 0.670. The van der Waals surface area contributed by atoms with Crippen LogP contribution in [-0.4, -0.2) is 31.1 Å². The van der Waals surface area contributed by atoms with Crippen LogP contribution in [0.5, 0.6) is 0 Å². The van der Waals surface area contributed by atoms with Crippen molar-refractivity contribution in [3.63, 3.8) is 0 Å². The number of nitrogens with zero attached hydrogens (tertiary/aromatic N) is 1. The molecule has 2 rings (SSSR count). The molecule has 0 radical (unpaired) electrons. The van der Waals surface area contributed by atoms with Crippen molar-refractivity contribution in [2.24, 2.45) is 0 Å². The van der Waals surface area contributed by atoms with E-state index in [0.717, 1.165) is 30.1 Å². The van der Waals surface area contributed by atoms with Crippen LogP contribution >= 0.6 is 15.9 Å². The highest BCUT2D eigenvalue weighted by Gasteiger charge is 2.21. The highest BCUT2D eigenvalue weighted by molar-refractivity contribution is 9.10. The van der Waals surface area contributed by atoms with Crippen molar-refractivity contribution in [2.45, 2.75) is 12.6 Å². The fourth-order valence-corrected chi connectivity index (χ4v) is 1.74. The number of rotatable bonds is 3. The second kappa shape index (κ2) is 3.82. The molecule has 1 aromatic rings. The van der Waals surface area contributed by atoms with Crippen LogP contribution in [0.3, 0.4) is 0 Å². The zero-order chi connectivity index (χ0) is 9.26. The Bertz CT molecular complexity index is 283. The molecule has 0 unspecified atom stereocenters. The Morgan fingerprint density at radius 3 is 2.85 bits per heavy atom. The number of hydrogen-bond donors (Lipinski definition) is 1. The van der Waals surface area contributed by atoms with Gasteiger partial charge < -0.3 is 9.73 Å². The molecule has 1 aliphatic rings. The van der Waals surface area contributed by atoms with Crippen molar-refractivity contribution >= 4 is 15.9 Å². The summed E-state index contributed by atoms with van der Waals surface area (Å²) < 4.78 is 6.24. The van der Waals surface area contributed by atoms with Crippen LogP contribution in [0.4, 0.5) is 0 Å². The lowest BCUT2D eigenvalue weighted by atomic mass is 10.1. The molecule has 4 heteroatoms. The van der Waals surface area contributed by atoms with Crippen molar-refractivity contribution in [1.29, 1.82) is 0 Å². The molecule has 0 aromatic carbocycles. The summed E-state index contributed by atoms with van der Waals surface area (Å²) in [7, 11) is 2.13. The molecule has 0 spiro atoms. The topological polar surface area (TPSA) is 28.4 Å². The van der Waals surface area contributed by atoms with E-state index in [0.29, 0.717) is 6.04 Å². The Morgan fingerprint density at radius 2 is 2.38 bits per heavy atom. The number of nitrogens with one attached hydrogen (secondary N) is 1. The molecule has 13 heavy (non-hydrogen) atoms. The maximum absolute atomic E-state index is 5.43. The lowest BCUT2D eigenvalue weighted by Crippen LogP contribution is -2.55. The molecule has 0 amide bonds. The van der Waals surface area contributed by atoms with Crippen molar-refractivity contribution in [2.75, 3.05) is 20.1 Å². The Morgan fingerprint density at radius 1 is 1.62 bits per heavy atom. The van der Waals surface area contributed by atoms with Gasteiger partial charge in [0.05, 0.1) is 6.54 Å². The van der Waals surface area contributed by atoms with Gasteiger partial charge in [0.25, 0.3) is 0 Å². The van der Waals surface area contributed by atoms with E-state index in [9.17, 15) is 0 Å². The summed E-state index contributed by atoms with van der Waals surface area (Å²) in [6.45, 7) is 3.08. The number of halogens is 1. The van der Waals surface area contributed by atoms with Crippen LogP contribution in [0.2, 0.25) is 0 Å². The van der Waals surface area contributed by atoms with Gasteiger partial charge in [-0.1, -0.05) is 0 Å². The summed E-state index contributed by atoms with van der Waals surface area (Å²) in [6, 6.07) is 4.61. The molecule has 0 aliphatic carbocycles. The van der Waals surface area contributed by atoms with Gasteiger partial charge in [0.15, 0.2) is 4.67 Å². The van der Waals surface area contributed by atoms with Gasteiger partial charge in [-0.05, 0) is 35.1 Å². The molecular formula is C9H13BrN2O. The molecule has 0 bridgehead atoms. The van der Waals surface area contributed by atoms with Crippen LogP contribution in [0, 0.1) is 0 Å². The van der Waals surface area contributed by atoms with E-state index >= 15 is 0 Å². The Labute approximate surface area is 86.2 Å². The van der Waals surface area contributed by atoms with Crippen LogP contribution in [0.1, 0.15) is 5.76 Å². The molecule has 1 aliphatic heterocycles. The third-order valence-corrected chi connectivity index (χ3v) is 2.84. The smallest absolute Gasteiger partial charge is 0.169 e. The SMILES string of the molecule is CN(Cc1ccc(Br)o1)C1CNC1. The van der Waals surface area contributed by atoms with Gasteiger partial charge in [0.2, 0.25) is 0 Å². The molecular weight excluding hydrogens is 232 g/mol. The third kappa shape index (κ3) is 2.13. The van der Waals surface area contributed by atoms with E-state index < -0.39 is 0 Å². The Kier molecular flexibility index (Phi) is 2.71. The van der Waals surface area contributed by atoms with Crippen molar-refractivity contribution in [3.05, 3.63) is 22.6 Å². The molecule has 0 atom stereocenters. The van der Waals surface area contributed by atoms with Crippen LogP contribution in [0.25, 0.3) is 0 Å². The van der Waals surface area contributed by atoms with Gasteiger partial charge in [-0.3, -0.25) is 4.90 Å². The molecule has 72 valence electrons. The van der Waals surface area contributed by atoms with Crippen molar-refractivity contribution < 1.29 is 4.42 Å². The number of furan rings is 1. The van der Waals surface area contributed by atoms with E-state index in [2.05, 4.69) is 33.2 Å². The maximum Gasteiger partial charge on any atom is 0.169 e. The van der Waals surface area contributed by atoms with E-state index in [-0.39, 0.29) is 0 Å². The van der Waals surface area contributed by atoms with Gasteiger partial charge >= 0.3 is 0 Å². The standard InChI is InChI=1S/C9H13BrN2O/c1-12(7-4-11-5-7)6-8-2-3-9(10)13-8/h2-3,7,11H,4-6H2,1H3. The largest absolute Gasteiger partial charge is 0.453 e. The second-order valence-electron chi connectivity index (χ2n) is 3.43. The summed E-state index contributed by atoms with van der Waals surface area (Å²) in [6.07, 6.45) is 0.